The standard InChI is InChI=1S/C22H25NO12/c1-32-19-12(26)5-4-10(21(31)33-2)15(19)23-20(30)11-7-9(25)3-6-13(11)34-22-18(29)17(28)16(27)14(8-24)35-22/h3-7,14,16-18,22,24-29H,8H2,1-2H3,(H,23,30)/t14-,16-,17+,18-,22-/m1/s1. The quantitative estimate of drug-likeness (QED) is 0.239. The predicted octanol–water partition coefficient (Wildman–Crippen LogP) is -0.676. The lowest BCUT2D eigenvalue weighted by atomic mass is 9.99. The molecule has 2 aromatic carbocycles. The van der Waals surface area contributed by atoms with Crippen LogP contribution in [0.15, 0.2) is 30.3 Å². The van der Waals surface area contributed by atoms with Gasteiger partial charge < -0.3 is 54.9 Å². The third-order valence-electron chi connectivity index (χ3n) is 5.28. The van der Waals surface area contributed by atoms with Gasteiger partial charge in [0.05, 0.1) is 32.0 Å². The fourth-order valence-corrected chi connectivity index (χ4v) is 3.45. The Balaban J connectivity index is 1.96. The van der Waals surface area contributed by atoms with Crippen LogP contribution in [-0.2, 0) is 9.47 Å². The number of carbonyl (C=O) groups excluding carboxylic acids is 2. The molecular weight excluding hydrogens is 470 g/mol. The lowest BCUT2D eigenvalue weighted by Gasteiger charge is -2.39. The number of hydrogen-bond acceptors (Lipinski definition) is 12. The van der Waals surface area contributed by atoms with E-state index >= 15 is 0 Å². The van der Waals surface area contributed by atoms with Crippen molar-refractivity contribution in [2.24, 2.45) is 0 Å². The van der Waals surface area contributed by atoms with E-state index < -0.39 is 49.2 Å². The first-order chi connectivity index (χ1) is 16.6. The number of benzene rings is 2. The zero-order chi connectivity index (χ0) is 25.9. The molecule has 3 rings (SSSR count). The number of amides is 1. The Morgan fingerprint density at radius 3 is 2.34 bits per heavy atom. The first-order valence-corrected chi connectivity index (χ1v) is 10.2. The van der Waals surface area contributed by atoms with Gasteiger partial charge in [0, 0.05) is 0 Å². The van der Waals surface area contributed by atoms with Crippen LogP contribution in [0.1, 0.15) is 20.7 Å². The van der Waals surface area contributed by atoms with Gasteiger partial charge in [0.25, 0.3) is 5.91 Å². The number of methoxy groups -OCH3 is 2. The van der Waals surface area contributed by atoms with Gasteiger partial charge in [-0.3, -0.25) is 4.79 Å². The minimum atomic E-state index is -1.75. The zero-order valence-corrected chi connectivity index (χ0v) is 18.6. The first kappa shape index (κ1) is 26.0. The van der Waals surface area contributed by atoms with Crippen molar-refractivity contribution in [1.29, 1.82) is 0 Å². The summed E-state index contributed by atoms with van der Waals surface area (Å²) in [5, 5.41) is 61.9. The minimum absolute atomic E-state index is 0.146. The summed E-state index contributed by atoms with van der Waals surface area (Å²) in [5.74, 6) is -2.97. The number of aromatic hydroxyl groups is 2. The van der Waals surface area contributed by atoms with Crippen LogP contribution in [0.2, 0.25) is 0 Å². The highest BCUT2D eigenvalue weighted by Crippen LogP contribution is 2.38. The SMILES string of the molecule is COC(=O)c1ccc(O)c(OC)c1NC(=O)c1cc(O)ccc1O[C@@H]1O[C@H](CO)[C@@H](O)[C@H](O)[C@H]1O. The number of ether oxygens (including phenoxy) is 4. The van der Waals surface area contributed by atoms with E-state index in [0.717, 1.165) is 13.2 Å². The molecule has 2 aromatic rings. The number of phenolic OH excluding ortho intramolecular Hbond substituents is 2. The van der Waals surface area contributed by atoms with E-state index in [0.29, 0.717) is 0 Å². The molecule has 35 heavy (non-hydrogen) atoms. The van der Waals surface area contributed by atoms with Crippen molar-refractivity contribution in [1.82, 2.24) is 0 Å². The summed E-state index contributed by atoms with van der Waals surface area (Å²) in [7, 11) is 2.32. The summed E-state index contributed by atoms with van der Waals surface area (Å²) in [5.41, 5.74) is -0.679. The van der Waals surface area contributed by atoms with Gasteiger partial charge in [-0.1, -0.05) is 0 Å². The predicted molar refractivity (Wildman–Crippen MR) is 116 cm³/mol. The summed E-state index contributed by atoms with van der Waals surface area (Å²) >= 11 is 0. The molecule has 1 aliphatic rings. The summed E-state index contributed by atoms with van der Waals surface area (Å²) < 4.78 is 20.6. The summed E-state index contributed by atoms with van der Waals surface area (Å²) in [6.45, 7) is -0.693. The summed E-state index contributed by atoms with van der Waals surface area (Å²) in [6.07, 6.45) is -7.96. The molecule has 5 atom stereocenters. The van der Waals surface area contributed by atoms with E-state index in [-0.39, 0.29) is 39.8 Å². The number of hydrogen-bond donors (Lipinski definition) is 7. The molecule has 0 saturated carbocycles. The van der Waals surface area contributed by atoms with E-state index in [1.807, 2.05) is 0 Å². The van der Waals surface area contributed by atoms with Gasteiger partial charge in [-0.05, 0) is 30.3 Å². The van der Waals surface area contributed by atoms with Crippen LogP contribution in [0.3, 0.4) is 0 Å². The van der Waals surface area contributed by atoms with Crippen LogP contribution in [0.4, 0.5) is 5.69 Å². The number of rotatable bonds is 7. The Morgan fingerprint density at radius 1 is 1.00 bits per heavy atom. The van der Waals surface area contributed by atoms with Gasteiger partial charge in [0.1, 0.15) is 41.6 Å². The Labute approximate surface area is 198 Å². The van der Waals surface area contributed by atoms with Crippen molar-refractivity contribution < 1.29 is 59.2 Å². The van der Waals surface area contributed by atoms with E-state index in [1.54, 1.807) is 0 Å². The fraction of sp³-hybridized carbons (Fsp3) is 0.364. The fourth-order valence-electron chi connectivity index (χ4n) is 3.45. The number of esters is 1. The molecule has 0 spiro atoms. The average molecular weight is 495 g/mol. The maximum Gasteiger partial charge on any atom is 0.340 e. The number of nitrogens with one attached hydrogen (secondary N) is 1. The molecular formula is C22H25NO12. The molecule has 7 N–H and O–H groups in total. The molecule has 0 aromatic heterocycles. The lowest BCUT2D eigenvalue weighted by molar-refractivity contribution is -0.277. The maximum absolute atomic E-state index is 13.2. The monoisotopic (exact) mass is 495 g/mol. The number of anilines is 1. The Morgan fingerprint density at radius 2 is 1.71 bits per heavy atom. The zero-order valence-electron chi connectivity index (χ0n) is 18.6. The average Bonchev–Trinajstić information content (AvgIpc) is 2.85. The third-order valence-corrected chi connectivity index (χ3v) is 5.28. The van der Waals surface area contributed by atoms with Crippen LogP contribution >= 0.6 is 0 Å². The first-order valence-electron chi connectivity index (χ1n) is 10.2. The Kier molecular flexibility index (Phi) is 7.99. The Bertz CT molecular complexity index is 1090. The molecule has 0 aliphatic carbocycles. The highest BCUT2D eigenvalue weighted by molar-refractivity contribution is 6.11. The van der Waals surface area contributed by atoms with Crippen LogP contribution in [-0.4, -0.2) is 94.0 Å². The van der Waals surface area contributed by atoms with Crippen molar-refractivity contribution >= 4 is 17.6 Å². The summed E-state index contributed by atoms with van der Waals surface area (Å²) in [6, 6.07) is 5.73. The largest absolute Gasteiger partial charge is 0.508 e. The molecule has 0 radical (unpaired) electrons. The normalized spacial score (nSPS) is 23.9. The minimum Gasteiger partial charge on any atom is -0.508 e. The second-order valence-electron chi connectivity index (χ2n) is 7.48. The van der Waals surface area contributed by atoms with Crippen molar-refractivity contribution in [3.8, 4) is 23.0 Å². The van der Waals surface area contributed by atoms with Crippen LogP contribution in [0, 0.1) is 0 Å². The number of phenols is 2. The molecule has 13 nitrogen and oxygen atoms in total. The summed E-state index contributed by atoms with van der Waals surface area (Å²) in [4.78, 5) is 25.3. The van der Waals surface area contributed by atoms with E-state index in [9.17, 15) is 40.2 Å². The molecule has 0 bridgehead atoms. The molecule has 1 saturated heterocycles. The van der Waals surface area contributed by atoms with Crippen molar-refractivity contribution in [2.75, 3.05) is 26.1 Å². The second-order valence-corrected chi connectivity index (χ2v) is 7.48. The van der Waals surface area contributed by atoms with Gasteiger partial charge in [0.2, 0.25) is 6.29 Å². The smallest absolute Gasteiger partial charge is 0.340 e. The van der Waals surface area contributed by atoms with Crippen LogP contribution in [0.25, 0.3) is 0 Å². The molecule has 0 unspecified atom stereocenters. The van der Waals surface area contributed by atoms with Crippen LogP contribution < -0.4 is 14.8 Å². The molecule has 1 amide bonds. The van der Waals surface area contributed by atoms with E-state index in [2.05, 4.69) is 5.32 Å². The third kappa shape index (κ3) is 5.23. The molecule has 1 aliphatic heterocycles. The van der Waals surface area contributed by atoms with Crippen molar-refractivity contribution in [3.63, 3.8) is 0 Å². The molecule has 190 valence electrons. The van der Waals surface area contributed by atoms with Crippen molar-refractivity contribution in [2.45, 2.75) is 30.7 Å². The Hall–Kier alpha value is -3.62. The van der Waals surface area contributed by atoms with Gasteiger partial charge in [0.15, 0.2) is 11.5 Å². The number of aliphatic hydroxyl groups excluding tert-OH is 4. The van der Waals surface area contributed by atoms with Gasteiger partial charge in [-0.25, -0.2) is 4.79 Å². The van der Waals surface area contributed by atoms with E-state index in [4.69, 9.17) is 18.9 Å². The molecule has 1 fully saturated rings. The second kappa shape index (κ2) is 10.8. The van der Waals surface area contributed by atoms with E-state index in [1.165, 1.54) is 31.4 Å². The lowest BCUT2D eigenvalue weighted by Crippen LogP contribution is -2.60. The maximum atomic E-state index is 13.2. The van der Waals surface area contributed by atoms with Gasteiger partial charge in [-0.15, -0.1) is 0 Å². The molecule has 13 heteroatoms. The van der Waals surface area contributed by atoms with Crippen LogP contribution in [0.5, 0.6) is 23.0 Å². The van der Waals surface area contributed by atoms with Gasteiger partial charge in [-0.2, -0.15) is 0 Å². The number of aliphatic hydroxyl groups is 4. The highest BCUT2D eigenvalue weighted by Gasteiger charge is 2.45. The highest BCUT2D eigenvalue weighted by atomic mass is 16.7. The molecule has 1 heterocycles. The van der Waals surface area contributed by atoms with Gasteiger partial charge >= 0.3 is 5.97 Å². The number of carbonyl (C=O) groups is 2. The topological polar surface area (TPSA) is 204 Å². The van der Waals surface area contributed by atoms with Crippen molar-refractivity contribution in [3.05, 3.63) is 41.5 Å².